The minimum Gasteiger partial charge on any atom is -0.391 e. The molecule has 0 radical (unpaired) electrons. The summed E-state index contributed by atoms with van der Waals surface area (Å²) in [5.74, 6) is 1.92. The predicted molar refractivity (Wildman–Crippen MR) is 47.2 cm³/mol. The van der Waals surface area contributed by atoms with Crippen molar-refractivity contribution in [1.82, 2.24) is 5.32 Å². The van der Waals surface area contributed by atoms with Gasteiger partial charge in [-0.1, -0.05) is 18.9 Å². The molecule has 1 heterocycles. The highest BCUT2D eigenvalue weighted by atomic mass is 14.8. The van der Waals surface area contributed by atoms with Gasteiger partial charge in [0.25, 0.3) is 0 Å². The molecule has 0 spiro atoms. The Bertz CT molecular complexity index is 145. The van der Waals surface area contributed by atoms with Crippen molar-refractivity contribution in [2.75, 3.05) is 6.54 Å². The van der Waals surface area contributed by atoms with E-state index in [1.165, 1.54) is 38.6 Å². The molecule has 62 valence electrons. The van der Waals surface area contributed by atoms with E-state index in [1.807, 2.05) is 0 Å². The van der Waals surface area contributed by atoms with Gasteiger partial charge in [-0.05, 0) is 37.3 Å². The number of hydrogen-bond acceptors (Lipinski definition) is 1. The summed E-state index contributed by atoms with van der Waals surface area (Å²) in [5, 5.41) is 3.26. The van der Waals surface area contributed by atoms with Crippen LogP contribution in [0.1, 0.15) is 32.1 Å². The fraction of sp³-hybridized carbons (Fsp3) is 0.800. The Morgan fingerprint density at radius 1 is 1.09 bits per heavy atom. The third-order valence-electron chi connectivity index (χ3n) is 3.09. The van der Waals surface area contributed by atoms with Crippen LogP contribution in [0.3, 0.4) is 0 Å². The lowest BCUT2D eigenvalue weighted by Crippen LogP contribution is -2.21. The zero-order chi connectivity index (χ0) is 7.52. The maximum atomic E-state index is 3.26. The highest BCUT2D eigenvalue weighted by Crippen LogP contribution is 2.34. The summed E-state index contributed by atoms with van der Waals surface area (Å²) in [6.45, 7) is 1.19. The van der Waals surface area contributed by atoms with Crippen molar-refractivity contribution < 1.29 is 0 Å². The molecule has 11 heavy (non-hydrogen) atoms. The first-order valence-corrected chi connectivity index (χ1v) is 4.87. The Morgan fingerprint density at radius 2 is 1.91 bits per heavy atom. The van der Waals surface area contributed by atoms with Gasteiger partial charge in [0.2, 0.25) is 0 Å². The quantitative estimate of drug-likeness (QED) is 0.606. The third-order valence-corrected chi connectivity index (χ3v) is 3.09. The smallest absolute Gasteiger partial charge is 0.0147 e. The van der Waals surface area contributed by atoms with E-state index in [0.717, 1.165) is 11.8 Å². The van der Waals surface area contributed by atoms with Crippen molar-refractivity contribution in [3.63, 3.8) is 0 Å². The molecule has 0 saturated heterocycles. The van der Waals surface area contributed by atoms with Gasteiger partial charge in [0.15, 0.2) is 0 Å². The molecule has 1 fully saturated rings. The Labute approximate surface area is 68.9 Å². The van der Waals surface area contributed by atoms with Gasteiger partial charge in [-0.15, -0.1) is 0 Å². The standard InChI is InChI=1S/C10H17N/c1-2-4-9(3-1)10-5-7-11-8-6-10/h5,7,9-11H,1-4,6,8H2. The lowest BCUT2D eigenvalue weighted by Gasteiger charge is -2.23. The molecule has 0 aromatic carbocycles. The molecule has 1 N–H and O–H groups in total. The maximum absolute atomic E-state index is 3.26. The van der Waals surface area contributed by atoms with Crippen LogP contribution < -0.4 is 5.32 Å². The maximum Gasteiger partial charge on any atom is 0.0147 e. The van der Waals surface area contributed by atoms with Crippen LogP contribution in [0.25, 0.3) is 0 Å². The molecule has 0 bridgehead atoms. The average molecular weight is 151 g/mol. The summed E-state index contributed by atoms with van der Waals surface area (Å²) in [6.07, 6.45) is 11.8. The van der Waals surface area contributed by atoms with Gasteiger partial charge < -0.3 is 5.32 Å². The molecule has 2 rings (SSSR count). The summed E-state index contributed by atoms with van der Waals surface area (Å²) in [4.78, 5) is 0. The SMILES string of the molecule is C1=CC(C2CCCC2)CCN1. The van der Waals surface area contributed by atoms with Crippen molar-refractivity contribution in [2.24, 2.45) is 11.8 Å². The van der Waals surface area contributed by atoms with Crippen LogP contribution in [0.2, 0.25) is 0 Å². The van der Waals surface area contributed by atoms with E-state index in [2.05, 4.69) is 17.6 Å². The second kappa shape index (κ2) is 3.29. The molecule has 1 nitrogen and oxygen atoms in total. The summed E-state index contributed by atoms with van der Waals surface area (Å²) in [5.41, 5.74) is 0. The summed E-state index contributed by atoms with van der Waals surface area (Å²) >= 11 is 0. The molecule has 1 heteroatoms. The highest BCUT2D eigenvalue weighted by Gasteiger charge is 2.23. The molecule has 1 aliphatic carbocycles. The average Bonchev–Trinajstić information content (AvgIpc) is 2.58. The van der Waals surface area contributed by atoms with Crippen molar-refractivity contribution >= 4 is 0 Å². The molecular formula is C10H17N. The minimum atomic E-state index is 0.902. The first-order valence-electron chi connectivity index (χ1n) is 4.87. The number of rotatable bonds is 1. The van der Waals surface area contributed by atoms with Crippen LogP contribution in [0.4, 0.5) is 0 Å². The van der Waals surface area contributed by atoms with Crippen LogP contribution >= 0.6 is 0 Å². The number of hydrogen-bond donors (Lipinski definition) is 1. The molecule has 2 aliphatic rings. The Hall–Kier alpha value is -0.460. The fourth-order valence-corrected chi connectivity index (χ4v) is 2.40. The molecule has 1 atom stereocenters. The topological polar surface area (TPSA) is 12.0 Å². The second-order valence-corrected chi connectivity index (χ2v) is 3.81. The summed E-state index contributed by atoms with van der Waals surface area (Å²) in [7, 11) is 0. The minimum absolute atomic E-state index is 0.902. The van der Waals surface area contributed by atoms with E-state index in [-0.39, 0.29) is 0 Å². The zero-order valence-corrected chi connectivity index (χ0v) is 7.05. The Morgan fingerprint density at radius 3 is 2.55 bits per heavy atom. The van der Waals surface area contributed by atoms with Crippen LogP contribution in [-0.4, -0.2) is 6.54 Å². The Kier molecular flexibility index (Phi) is 2.16. The molecule has 0 aromatic heterocycles. The van der Waals surface area contributed by atoms with Gasteiger partial charge in [0.05, 0.1) is 0 Å². The van der Waals surface area contributed by atoms with Gasteiger partial charge in [0.1, 0.15) is 0 Å². The summed E-state index contributed by atoms with van der Waals surface area (Å²) in [6, 6.07) is 0. The van der Waals surface area contributed by atoms with E-state index in [9.17, 15) is 0 Å². The molecular weight excluding hydrogens is 134 g/mol. The van der Waals surface area contributed by atoms with E-state index in [0.29, 0.717) is 0 Å². The molecule has 0 aromatic rings. The molecule has 1 unspecified atom stereocenters. The lowest BCUT2D eigenvalue weighted by atomic mass is 9.87. The Balaban J connectivity index is 1.91. The van der Waals surface area contributed by atoms with Crippen molar-refractivity contribution in [1.29, 1.82) is 0 Å². The van der Waals surface area contributed by atoms with Gasteiger partial charge in [-0.3, -0.25) is 0 Å². The highest BCUT2D eigenvalue weighted by molar-refractivity contribution is 4.95. The molecule has 1 saturated carbocycles. The van der Waals surface area contributed by atoms with Gasteiger partial charge in [-0.2, -0.15) is 0 Å². The monoisotopic (exact) mass is 151 g/mol. The summed E-state index contributed by atoms with van der Waals surface area (Å²) < 4.78 is 0. The van der Waals surface area contributed by atoms with Crippen LogP contribution in [0.5, 0.6) is 0 Å². The van der Waals surface area contributed by atoms with E-state index in [1.54, 1.807) is 0 Å². The van der Waals surface area contributed by atoms with Gasteiger partial charge in [-0.25, -0.2) is 0 Å². The largest absolute Gasteiger partial charge is 0.391 e. The van der Waals surface area contributed by atoms with Gasteiger partial charge >= 0.3 is 0 Å². The fourth-order valence-electron chi connectivity index (χ4n) is 2.40. The third kappa shape index (κ3) is 1.58. The van der Waals surface area contributed by atoms with Crippen molar-refractivity contribution in [2.45, 2.75) is 32.1 Å². The van der Waals surface area contributed by atoms with Gasteiger partial charge in [0, 0.05) is 6.54 Å². The van der Waals surface area contributed by atoms with Crippen LogP contribution in [-0.2, 0) is 0 Å². The first kappa shape index (κ1) is 7.20. The van der Waals surface area contributed by atoms with Crippen molar-refractivity contribution in [3.8, 4) is 0 Å². The van der Waals surface area contributed by atoms with Crippen molar-refractivity contribution in [3.05, 3.63) is 12.3 Å². The normalized spacial score (nSPS) is 32.2. The van der Waals surface area contributed by atoms with E-state index >= 15 is 0 Å². The van der Waals surface area contributed by atoms with E-state index in [4.69, 9.17) is 0 Å². The van der Waals surface area contributed by atoms with Crippen LogP contribution in [0, 0.1) is 11.8 Å². The van der Waals surface area contributed by atoms with Crippen LogP contribution in [0.15, 0.2) is 12.3 Å². The second-order valence-electron chi connectivity index (χ2n) is 3.81. The molecule has 0 amide bonds. The zero-order valence-electron chi connectivity index (χ0n) is 7.05. The number of allylic oxidation sites excluding steroid dienone is 1. The first-order chi connectivity index (χ1) is 5.47. The predicted octanol–water partition coefficient (Wildman–Crippen LogP) is 2.30. The number of nitrogens with one attached hydrogen (secondary N) is 1. The van der Waals surface area contributed by atoms with E-state index < -0.39 is 0 Å². The lowest BCUT2D eigenvalue weighted by molar-refractivity contribution is 0.370. The molecule has 1 aliphatic heterocycles.